The fourth-order valence-corrected chi connectivity index (χ4v) is 8.53. The molecule has 0 bridgehead atoms. The third-order valence-corrected chi connectivity index (χ3v) is 12.2. The van der Waals surface area contributed by atoms with Gasteiger partial charge in [0.15, 0.2) is 6.10 Å². The molecule has 0 radical (unpaired) electrons. The lowest BCUT2D eigenvalue weighted by atomic mass is 9.91. The van der Waals surface area contributed by atoms with Gasteiger partial charge in [0, 0.05) is 90.1 Å². The van der Waals surface area contributed by atoms with Gasteiger partial charge in [-0.1, -0.05) is 30.3 Å². The van der Waals surface area contributed by atoms with E-state index in [9.17, 15) is 27.9 Å². The molecule has 0 unspecified atom stereocenters. The first-order chi connectivity index (χ1) is 24.0. The maximum absolute atomic E-state index is 14.0. The maximum Gasteiger partial charge on any atom is 0.410 e. The second-order valence-electron chi connectivity index (χ2n) is 13.6. The molecule has 0 aromatic heterocycles. The molecule has 0 spiro atoms. The quantitative estimate of drug-likeness (QED) is 0.332. The second-order valence-corrected chi connectivity index (χ2v) is 15.5. The Morgan fingerprint density at radius 3 is 2.28 bits per heavy atom. The van der Waals surface area contributed by atoms with Crippen molar-refractivity contribution in [1.82, 2.24) is 28.6 Å². The molecule has 4 aliphatic rings. The minimum Gasteiger partial charge on any atom is -0.509 e. The third kappa shape index (κ3) is 8.19. The van der Waals surface area contributed by atoms with Gasteiger partial charge in [-0.25, -0.2) is 14.3 Å². The number of para-hydroxylation sites is 1. The number of piperazine rings is 1. The molecule has 4 aliphatic heterocycles. The fraction of sp³-hybridized carbons (Fsp3) is 0.559. The van der Waals surface area contributed by atoms with E-state index in [1.807, 2.05) is 29.2 Å². The standard InChI is InChI=1S/C34H48BN7O7S/c1-36-50(47,48)41-20-18-38(19-21-41)26-9-13-39(14-10-26)32(44)31(23-24-6-7-30(43)28(35)22-24)49-34(46)40-15-11-27(12-16-40)42-17-8-25-4-2-3-5-29(25)37-33(42)45/h2-7,22,26-27,31,36,43H,8-21,23,35H2,1H3,(H,37,45)/t31-/m1/s1. The second kappa shape index (κ2) is 15.6. The molecule has 4 heterocycles. The van der Waals surface area contributed by atoms with E-state index in [4.69, 9.17) is 4.74 Å². The van der Waals surface area contributed by atoms with E-state index < -0.39 is 22.4 Å². The number of fused-ring (bicyclic) bond motifs is 1. The van der Waals surface area contributed by atoms with Gasteiger partial charge in [0.05, 0.1) is 0 Å². The van der Waals surface area contributed by atoms with Crippen molar-refractivity contribution in [2.45, 2.75) is 56.7 Å². The minimum absolute atomic E-state index is 0.0113. The number of phenolic OH excluding ortho intramolecular Hbond substituents is 1. The van der Waals surface area contributed by atoms with Crippen LogP contribution in [0.15, 0.2) is 42.5 Å². The molecule has 3 fully saturated rings. The van der Waals surface area contributed by atoms with E-state index in [0.29, 0.717) is 77.2 Å². The van der Waals surface area contributed by atoms with Crippen molar-refractivity contribution in [3.63, 3.8) is 0 Å². The lowest BCUT2D eigenvalue weighted by Gasteiger charge is -2.42. The summed E-state index contributed by atoms with van der Waals surface area (Å²) in [6.07, 6.45) is 2.05. The van der Waals surface area contributed by atoms with Crippen molar-refractivity contribution in [2.24, 2.45) is 0 Å². The zero-order chi connectivity index (χ0) is 35.4. The van der Waals surface area contributed by atoms with Crippen LogP contribution >= 0.6 is 0 Å². The molecule has 1 atom stereocenters. The van der Waals surface area contributed by atoms with Crippen LogP contribution in [0.3, 0.4) is 0 Å². The molecule has 4 amide bonds. The zero-order valence-electron chi connectivity index (χ0n) is 28.9. The first-order valence-electron chi connectivity index (χ1n) is 17.6. The van der Waals surface area contributed by atoms with Crippen LogP contribution in [0, 0.1) is 0 Å². The van der Waals surface area contributed by atoms with E-state index in [0.717, 1.165) is 36.1 Å². The highest BCUT2D eigenvalue weighted by Crippen LogP contribution is 2.26. The number of nitrogens with one attached hydrogen (secondary N) is 2. The molecule has 0 aliphatic carbocycles. The molecule has 2 aromatic carbocycles. The SMILES string of the molecule is Bc1cc(C[C@@H](OC(=O)N2CCC(N3CCc4ccccc4NC3=O)CC2)C(=O)N2CCC(N3CCN(S(=O)(=O)NC)CC3)CC2)ccc1O. The normalized spacial score (nSPS) is 20.9. The van der Waals surface area contributed by atoms with Crippen molar-refractivity contribution in [1.29, 1.82) is 0 Å². The number of hydrogen-bond acceptors (Lipinski definition) is 8. The van der Waals surface area contributed by atoms with Gasteiger partial charge in [-0.3, -0.25) is 9.69 Å². The molecule has 2 aromatic rings. The van der Waals surface area contributed by atoms with Crippen molar-refractivity contribution in [2.75, 3.05) is 71.3 Å². The summed E-state index contributed by atoms with van der Waals surface area (Å²) < 4.78 is 34.2. The summed E-state index contributed by atoms with van der Waals surface area (Å²) in [7, 11) is -0.245. The Morgan fingerprint density at radius 1 is 0.940 bits per heavy atom. The highest BCUT2D eigenvalue weighted by Gasteiger charge is 2.37. The third-order valence-electron chi connectivity index (χ3n) is 10.7. The topological polar surface area (TPSA) is 155 Å². The van der Waals surface area contributed by atoms with Crippen LogP contribution in [-0.2, 0) is 32.6 Å². The fourth-order valence-electron chi connectivity index (χ4n) is 7.63. The number of nitrogens with zero attached hydrogens (tertiary/aromatic N) is 5. The van der Waals surface area contributed by atoms with Crippen LogP contribution in [0.1, 0.15) is 36.8 Å². The van der Waals surface area contributed by atoms with Crippen molar-refractivity contribution >= 4 is 47.2 Å². The molecule has 16 heteroatoms. The highest BCUT2D eigenvalue weighted by atomic mass is 32.2. The van der Waals surface area contributed by atoms with Gasteiger partial charge in [-0.15, -0.1) is 0 Å². The molecular weight excluding hydrogens is 661 g/mol. The van der Waals surface area contributed by atoms with E-state index in [1.54, 1.807) is 35.8 Å². The van der Waals surface area contributed by atoms with Crippen LogP contribution in [0.25, 0.3) is 0 Å². The number of anilines is 1. The first kappa shape index (κ1) is 36.0. The predicted octanol–water partition coefficient (Wildman–Crippen LogP) is 0.326. The smallest absolute Gasteiger partial charge is 0.410 e. The lowest BCUT2D eigenvalue weighted by molar-refractivity contribution is -0.142. The Balaban J connectivity index is 1.05. The summed E-state index contributed by atoms with van der Waals surface area (Å²) in [6, 6.07) is 13.1. The van der Waals surface area contributed by atoms with Crippen molar-refractivity contribution in [3.8, 4) is 5.75 Å². The van der Waals surface area contributed by atoms with Crippen molar-refractivity contribution in [3.05, 3.63) is 53.6 Å². The van der Waals surface area contributed by atoms with Crippen LogP contribution in [0.4, 0.5) is 15.3 Å². The summed E-state index contributed by atoms with van der Waals surface area (Å²) in [5.74, 6) is -0.0897. The number of benzene rings is 2. The molecule has 3 N–H and O–H groups in total. The first-order valence-corrected chi connectivity index (χ1v) is 19.1. The summed E-state index contributed by atoms with van der Waals surface area (Å²) in [4.78, 5) is 48.2. The Morgan fingerprint density at radius 2 is 1.60 bits per heavy atom. The number of carbonyl (C=O) groups is 3. The molecule has 0 saturated carbocycles. The summed E-state index contributed by atoms with van der Waals surface area (Å²) in [6.45, 7) is 4.54. The Labute approximate surface area is 295 Å². The summed E-state index contributed by atoms with van der Waals surface area (Å²) >= 11 is 0. The zero-order valence-corrected chi connectivity index (χ0v) is 29.7. The van der Waals surface area contributed by atoms with E-state index in [2.05, 4.69) is 14.9 Å². The number of hydrogen-bond donors (Lipinski definition) is 3. The molecule has 14 nitrogen and oxygen atoms in total. The van der Waals surface area contributed by atoms with Crippen LogP contribution in [0.5, 0.6) is 5.75 Å². The van der Waals surface area contributed by atoms with Gasteiger partial charge in [0.25, 0.3) is 16.1 Å². The Bertz CT molecular complexity index is 1660. The van der Waals surface area contributed by atoms with E-state index >= 15 is 0 Å². The molecule has 3 saturated heterocycles. The number of urea groups is 1. The number of amides is 4. The van der Waals surface area contributed by atoms with Gasteiger partial charge in [0.2, 0.25) is 0 Å². The number of carbonyl (C=O) groups excluding carboxylic acids is 3. The average molecular weight is 710 g/mol. The maximum atomic E-state index is 14.0. The van der Waals surface area contributed by atoms with Gasteiger partial charge >= 0.3 is 12.1 Å². The average Bonchev–Trinajstić information content (AvgIpc) is 3.30. The largest absolute Gasteiger partial charge is 0.509 e. The molecule has 50 heavy (non-hydrogen) atoms. The molecular formula is C34H48BN7O7S. The van der Waals surface area contributed by atoms with Gasteiger partial charge in [0.1, 0.15) is 13.6 Å². The summed E-state index contributed by atoms with van der Waals surface area (Å²) in [5, 5.41) is 13.1. The molecule has 6 rings (SSSR count). The monoisotopic (exact) mass is 709 g/mol. The minimum atomic E-state index is -3.45. The van der Waals surface area contributed by atoms with Crippen molar-refractivity contribution < 1.29 is 32.6 Å². The Hall–Kier alpha value is -3.86. The number of ether oxygens (including phenoxy) is 1. The number of aromatic hydroxyl groups is 1. The highest BCUT2D eigenvalue weighted by molar-refractivity contribution is 7.87. The predicted molar refractivity (Wildman–Crippen MR) is 191 cm³/mol. The van der Waals surface area contributed by atoms with E-state index in [1.165, 1.54) is 11.4 Å². The number of rotatable bonds is 8. The Kier molecular flexibility index (Phi) is 11.2. The van der Waals surface area contributed by atoms with Gasteiger partial charge in [-0.05, 0) is 60.8 Å². The number of likely N-dealkylation sites (tertiary alicyclic amines) is 2. The number of piperidine rings is 2. The lowest BCUT2D eigenvalue weighted by Crippen LogP contribution is -2.56. The number of phenols is 1. The van der Waals surface area contributed by atoms with Gasteiger partial charge in [-0.2, -0.15) is 12.7 Å². The van der Waals surface area contributed by atoms with Gasteiger partial charge < -0.3 is 29.9 Å². The molecule has 270 valence electrons. The van der Waals surface area contributed by atoms with Crippen LogP contribution < -0.4 is 15.5 Å². The van der Waals surface area contributed by atoms with Crippen LogP contribution in [-0.4, -0.2) is 147 Å². The van der Waals surface area contributed by atoms with Crippen LogP contribution in [0.2, 0.25) is 0 Å². The summed E-state index contributed by atoms with van der Waals surface area (Å²) in [5.41, 5.74) is 3.40. The van der Waals surface area contributed by atoms with E-state index in [-0.39, 0.29) is 36.2 Å².